The molecular weight excluding hydrogens is 394 g/mol. The highest BCUT2D eigenvalue weighted by atomic mass is 35.5. The largest absolute Gasteiger partial charge is 0.392 e. The van der Waals surface area contributed by atoms with Crippen molar-refractivity contribution in [2.75, 3.05) is 11.9 Å². The van der Waals surface area contributed by atoms with Gasteiger partial charge in [0.25, 0.3) is 0 Å². The quantitative estimate of drug-likeness (QED) is 0.401. The lowest BCUT2D eigenvalue weighted by Crippen LogP contribution is -2.16. The van der Waals surface area contributed by atoms with Gasteiger partial charge in [0.05, 0.1) is 16.5 Å². The molecule has 0 aliphatic heterocycles. The molecule has 3 heterocycles. The zero-order valence-corrected chi connectivity index (χ0v) is 16.8. The molecule has 0 aromatic carbocycles. The Morgan fingerprint density at radius 2 is 2.23 bits per heavy atom. The van der Waals surface area contributed by atoms with Crippen LogP contribution in [0.15, 0.2) is 14.9 Å². The van der Waals surface area contributed by atoms with E-state index in [-0.39, 0.29) is 5.78 Å². The number of H-pyrrole nitrogens is 1. The number of aryl methyl sites for hydroxylation is 1. The Morgan fingerprint density at radius 3 is 2.85 bits per heavy atom. The van der Waals surface area contributed by atoms with Gasteiger partial charge in [-0.05, 0) is 25.1 Å². The van der Waals surface area contributed by atoms with Crippen LogP contribution in [0.4, 0.5) is 5.82 Å². The number of aromatic nitrogens is 4. The normalized spacial score (nSPS) is 12.5. The summed E-state index contributed by atoms with van der Waals surface area (Å²) in [5, 5.41) is 16.2. The number of hydrogen-bond donors (Lipinski definition) is 3. The molecule has 7 nitrogen and oxygen atoms in total. The molecule has 0 unspecified atom stereocenters. The number of ketones is 1. The highest BCUT2D eigenvalue weighted by molar-refractivity contribution is 8.00. The standard InChI is InChI=1S/C16H18ClN5O2S2/c1-4-9-12(17)11-13(18-5-7(2)23)21-15(22-14(11)19-9)26-16-20-10(6-25-16)8(3)24/h6-7,23H,4-5H2,1-3H3,(H2,18,19,21,22)/t7-/m0/s1. The highest BCUT2D eigenvalue weighted by Crippen LogP contribution is 2.35. The summed E-state index contributed by atoms with van der Waals surface area (Å²) >= 11 is 9.11. The smallest absolute Gasteiger partial charge is 0.198 e. The molecule has 26 heavy (non-hydrogen) atoms. The van der Waals surface area contributed by atoms with Crippen LogP contribution in [0, 0.1) is 0 Å². The van der Waals surface area contributed by atoms with Crippen molar-refractivity contribution in [3.05, 3.63) is 21.8 Å². The second kappa shape index (κ2) is 7.91. The molecule has 3 aromatic rings. The van der Waals surface area contributed by atoms with Crippen LogP contribution in [0.25, 0.3) is 11.0 Å². The van der Waals surface area contributed by atoms with E-state index in [9.17, 15) is 9.90 Å². The number of halogens is 1. The number of fused-ring (bicyclic) bond motifs is 1. The van der Waals surface area contributed by atoms with E-state index in [0.717, 1.165) is 12.1 Å². The van der Waals surface area contributed by atoms with Gasteiger partial charge in [-0.2, -0.15) is 0 Å². The number of aliphatic hydroxyl groups excluding tert-OH is 1. The summed E-state index contributed by atoms with van der Waals surface area (Å²) < 4.78 is 0.685. The Balaban J connectivity index is 2.00. The Kier molecular flexibility index (Phi) is 5.81. The van der Waals surface area contributed by atoms with Crippen molar-refractivity contribution in [3.8, 4) is 0 Å². The molecule has 0 fully saturated rings. The molecule has 1 atom stereocenters. The fourth-order valence-electron chi connectivity index (χ4n) is 2.29. The summed E-state index contributed by atoms with van der Waals surface area (Å²) in [6.07, 6.45) is 0.207. The number of aliphatic hydroxyl groups is 1. The van der Waals surface area contributed by atoms with Crippen molar-refractivity contribution in [2.24, 2.45) is 0 Å². The van der Waals surface area contributed by atoms with Crippen LogP contribution in [-0.4, -0.2) is 43.5 Å². The minimum Gasteiger partial charge on any atom is -0.392 e. The molecule has 0 spiro atoms. The maximum atomic E-state index is 11.4. The van der Waals surface area contributed by atoms with Gasteiger partial charge in [-0.25, -0.2) is 15.0 Å². The fraction of sp³-hybridized carbons (Fsp3) is 0.375. The van der Waals surface area contributed by atoms with E-state index in [1.807, 2.05) is 6.92 Å². The molecule has 0 radical (unpaired) electrons. The lowest BCUT2D eigenvalue weighted by atomic mass is 10.3. The number of aromatic amines is 1. The van der Waals surface area contributed by atoms with Gasteiger partial charge in [0.1, 0.15) is 17.2 Å². The molecule has 0 saturated carbocycles. The van der Waals surface area contributed by atoms with Crippen LogP contribution in [0.3, 0.4) is 0 Å². The fourth-order valence-corrected chi connectivity index (χ4v) is 4.37. The van der Waals surface area contributed by atoms with Crippen molar-refractivity contribution < 1.29 is 9.90 Å². The molecule has 0 bridgehead atoms. The Morgan fingerprint density at radius 1 is 1.46 bits per heavy atom. The number of thiazole rings is 1. The van der Waals surface area contributed by atoms with Crippen molar-refractivity contribution in [2.45, 2.75) is 42.8 Å². The number of hydrogen-bond acceptors (Lipinski definition) is 8. The number of carbonyl (C=O) groups is 1. The van der Waals surface area contributed by atoms with E-state index >= 15 is 0 Å². The molecule has 3 aromatic heterocycles. The summed E-state index contributed by atoms with van der Waals surface area (Å²) in [7, 11) is 0. The van der Waals surface area contributed by atoms with Gasteiger partial charge in [-0.3, -0.25) is 4.79 Å². The molecule has 0 amide bonds. The third-order valence-corrected chi connectivity index (χ3v) is 5.80. The second-order valence-corrected chi connectivity index (χ2v) is 8.19. The van der Waals surface area contributed by atoms with Gasteiger partial charge in [0, 0.05) is 24.5 Å². The summed E-state index contributed by atoms with van der Waals surface area (Å²) in [6.45, 7) is 5.51. The predicted molar refractivity (Wildman–Crippen MR) is 105 cm³/mol. The molecule has 3 N–H and O–H groups in total. The average Bonchev–Trinajstić information content (AvgIpc) is 3.17. The number of nitrogens with zero attached hydrogens (tertiary/aromatic N) is 3. The molecule has 10 heteroatoms. The zero-order valence-electron chi connectivity index (χ0n) is 14.5. The van der Waals surface area contributed by atoms with Gasteiger partial charge in [-0.1, -0.05) is 18.5 Å². The lowest BCUT2D eigenvalue weighted by Gasteiger charge is -2.10. The van der Waals surface area contributed by atoms with Crippen molar-refractivity contribution in [1.29, 1.82) is 0 Å². The number of nitrogens with one attached hydrogen (secondary N) is 2. The van der Waals surface area contributed by atoms with Gasteiger partial charge in [-0.15, -0.1) is 11.3 Å². The number of Topliss-reactive ketones (excluding diaryl/α,β-unsaturated/α-hetero) is 1. The molecule has 138 valence electrons. The van der Waals surface area contributed by atoms with E-state index < -0.39 is 6.10 Å². The summed E-state index contributed by atoms with van der Waals surface area (Å²) in [5.74, 6) is 0.482. The average molecular weight is 412 g/mol. The van der Waals surface area contributed by atoms with E-state index in [2.05, 4.69) is 25.3 Å². The monoisotopic (exact) mass is 411 g/mol. The first-order valence-corrected chi connectivity index (χ1v) is 10.1. The molecule has 0 saturated heterocycles. The molecule has 0 aliphatic carbocycles. The maximum absolute atomic E-state index is 11.4. The Labute approximate surface area is 163 Å². The molecule has 0 aliphatic rings. The summed E-state index contributed by atoms with van der Waals surface area (Å²) in [6, 6.07) is 0. The van der Waals surface area contributed by atoms with Gasteiger partial charge in [0.2, 0.25) is 0 Å². The van der Waals surface area contributed by atoms with E-state index in [4.69, 9.17) is 11.6 Å². The minimum atomic E-state index is -0.531. The van der Waals surface area contributed by atoms with Gasteiger partial charge in [0.15, 0.2) is 15.3 Å². The first kappa shape index (κ1) is 19.1. The Hall–Kier alpha value is -1.68. The van der Waals surface area contributed by atoms with Gasteiger partial charge >= 0.3 is 0 Å². The molecule has 3 rings (SSSR count). The maximum Gasteiger partial charge on any atom is 0.198 e. The van der Waals surface area contributed by atoms with Crippen molar-refractivity contribution >= 4 is 57.3 Å². The van der Waals surface area contributed by atoms with Gasteiger partial charge < -0.3 is 15.4 Å². The van der Waals surface area contributed by atoms with Crippen LogP contribution in [0.2, 0.25) is 5.02 Å². The van der Waals surface area contributed by atoms with Crippen molar-refractivity contribution in [3.63, 3.8) is 0 Å². The number of anilines is 1. The highest BCUT2D eigenvalue weighted by Gasteiger charge is 2.18. The predicted octanol–water partition coefficient (Wildman–Crippen LogP) is 3.78. The summed E-state index contributed by atoms with van der Waals surface area (Å²) in [4.78, 5) is 28.0. The first-order chi connectivity index (χ1) is 12.4. The van der Waals surface area contributed by atoms with Crippen LogP contribution in [-0.2, 0) is 6.42 Å². The van der Waals surface area contributed by atoms with Crippen LogP contribution < -0.4 is 5.32 Å². The zero-order chi connectivity index (χ0) is 18.8. The third-order valence-electron chi connectivity index (χ3n) is 3.58. The van der Waals surface area contributed by atoms with E-state index in [1.54, 1.807) is 12.3 Å². The van der Waals surface area contributed by atoms with Crippen LogP contribution >= 0.6 is 34.7 Å². The third kappa shape index (κ3) is 4.01. The summed E-state index contributed by atoms with van der Waals surface area (Å²) in [5.41, 5.74) is 1.94. The van der Waals surface area contributed by atoms with E-state index in [1.165, 1.54) is 30.0 Å². The van der Waals surface area contributed by atoms with E-state index in [0.29, 0.717) is 43.6 Å². The topological polar surface area (TPSA) is 104 Å². The second-order valence-electron chi connectivity index (χ2n) is 5.74. The first-order valence-electron chi connectivity index (χ1n) is 8.03. The molecular formula is C16H18ClN5O2S2. The van der Waals surface area contributed by atoms with Crippen molar-refractivity contribution in [1.82, 2.24) is 19.9 Å². The van der Waals surface area contributed by atoms with Crippen LogP contribution in [0.1, 0.15) is 37.0 Å². The number of rotatable bonds is 7. The lowest BCUT2D eigenvalue weighted by molar-refractivity contribution is 0.101. The SMILES string of the molecule is CCc1[nH]c2nc(Sc3nc(C(C)=O)cs3)nc(NC[C@H](C)O)c2c1Cl. The Bertz CT molecular complexity index is 954. The number of carbonyl (C=O) groups excluding carboxylic acids is 1. The van der Waals surface area contributed by atoms with Crippen LogP contribution in [0.5, 0.6) is 0 Å². The minimum absolute atomic E-state index is 0.0764.